The highest BCUT2D eigenvalue weighted by molar-refractivity contribution is 9.11. The smallest absolute Gasteiger partial charge is 0.160 e. The van der Waals surface area contributed by atoms with Crippen LogP contribution in [0.15, 0.2) is 3.92 Å². The van der Waals surface area contributed by atoms with Crippen LogP contribution in [0.2, 0.25) is 0 Å². The molecule has 0 unspecified atom stereocenters. The molecule has 1 aromatic carbocycles. The summed E-state index contributed by atoms with van der Waals surface area (Å²) in [6.07, 6.45) is 0. The lowest BCUT2D eigenvalue weighted by atomic mass is 10.0. The number of benzene rings is 1. The molecule has 0 atom stereocenters. The summed E-state index contributed by atoms with van der Waals surface area (Å²) in [5.74, 6) is 0.983. The van der Waals surface area contributed by atoms with E-state index in [1.807, 2.05) is 0 Å². The van der Waals surface area contributed by atoms with Gasteiger partial charge in [-0.15, -0.1) is 11.3 Å². The predicted octanol–water partition coefficient (Wildman–Crippen LogP) is 3.99. The molecular weight excluding hydrogens is 274 g/mol. The lowest BCUT2D eigenvalue weighted by Gasteiger charge is -2.11. The van der Waals surface area contributed by atoms with Crippen LogP contribution in [0.4, 0.5) is 0 Å². The standard InChI is InChI=1S/C11H12BrNOS/c1-5-6(2)9(14-4)7(3)10-8(5)13-11(12)15-10/h1-4H3. The number of halogens is 1. The van der Waals surface area contributed by atoms with Gasteiger partial charge in [-0.3, -0.25) is 0 Å². The fourth-order valence-corrected chi connectivity index (χ4v) is 3.35. The maximum absolute atomic E-state index is 5.44. The van der Waals surface area contributed by atoms with E-state index >= 15 is 0 Å². The van der Waals surface area contributed by atoms with Crippen LogP contribution in [0.1, 0.15) is 16.7 Å². The summed E-state index contributed by atoms with van der Waals surface area (Å²) in [5, 5.41) is 0. The van der Waals surface area contributed by atoms with Gasteiger partial charge in [-0.1, -0.05) is 0 Å². The quantitative estimate of drug-likeness (QED) is 0.790. The molecule has 0 spiro atoms. The van der Waals surface area contributed by atoms with Crippen molar-refractivity contribution in [2.45, 2.75) is 20.8 Å². The number of aryl methyl sites for hydroxylation is 2. The molecule has 2 nitrogen and oxygen atoms in total. The van der Waals surface area contributed by atoms with E-state index in [2.05, 4.69) is 41.7 Å². The third-order valence-corrected chi connectivity index (χ3v) is 4.37. The van der Waals surface area contributed by atoms with Crippen LogP contribution >= 0.6 is 27.3 Å². The first-order valence-corrected chi connectivity index (χ1v) is 6.27. The Hall–Kier alpha value is -0.610. The van der Waals surface area contributed by atoms with Gasteiger partial charge < -0.3 is 4.74 Å². The van der Waals surface area contributed by atoms with Crippen molar-refractivity contribution < 1.29 is 4.74 Å². The summed E-state index contributed by atoms with van der Waals surface area (Å²) in [7, 11) is 1.72. The SMILES string of the molecule is COc1c(C)c(C)c2nc(Br)sc2c1C. The van der Waals surface area contributed by atoms with Crippen molar-refractivity contribution >= 4 is 37.5 Å². The summed E-state index contributed by atoms with van der Waals surface area (Å²) >= 11 is 5.09. The normalized spacial score (nSPS) is 11.0. The highest BCUT2D eigenvalue weighted by Gasteiger charge is 2.15. The van der Waals surface area contributed by atoms with Gasteiger partial charge in [0.2, 0.25) is 0 Å². The molecule has 0 N–H and O–H groups in total. The number of thiazole rings is 1. The van der Waals surface area contributed by atoms with Crippen LogP contribution in [0.25, 0.3) is 10.2 Å². The largest absolute Gasteiger partial charge is 0.496 e. The van der Waals surface area contributed by atoms with Crippen LogP contribution in [0.3, 0.4) is 0 Å². The van der Waals surface area contributed by atoms with Crippen molar-refractivity contribution in [3.63, 3.8) is 0 Å². The summed E-state index contributed by atoms with van der Waals surface area (Å²) < 4.78 is 7.57. The minimum Gasteiger partial charge on any atom is -0.496 e. The Morgan fingerprint density at radius 2 is 1.80 bits per heavy atom. The van der Waals surface area contributed by atoms with Gasteiger partial charge in [0.15, 0.2) is 3.92 Å². The summed E-state index contributed by atoms with van der Waals surface area (Å²) in [6, 6.07) is 0. The molecule has 0 aliphatic heterocycles. The highest BCUT2D eigenvalue weighted by Crippen LogP contribution is 2.38. The average molecular weight is 286 g/mol. The molecule has 0 radical (unpaired) electrons. The van der Waals surface area contributed by atoms with Gasteiger partial charge in [0.25, 0.3) is 0 Å². The van der Waals surface area contributed by atoms with Gasteiger partial charge in [0, 0.05) is 5.56 Å². The molecule has 0 bridgehead atoms. The fourth-order valence-electron chi connectivity index (χ4n) is 1.84. The third kappa shape index (κ3) is 1.56. The highest BCUT2D eigenvalue weighted by atomic mass is 79.9. The Morgan fingerprint density at radius 1 is 1.13 bits per heavy atom. The van der Waals surface area contributed by atoms with Crippen molar-refractivity contribution in [1.29, 1.82) is 0 Å². The van der Waals surface area contributed by atoms with E-state index in [0.717, 1.165) is 15.2 Å². The number of aromatic nitrogens is 1. The Kier molecular flexibility index (Phi) is 2.73. The van der Waals surface area contributed by atoms with Crippen LogP contribution in [-0.2, 0) is 0 Å². The number of hydrogen-bond acceptors (Lipinski definition) is 3. The fraction of sp³-hybridized carbons (Fsp3) is 0.364. The van der Waals surface area contributed by atoms with Crippen LogP contribution in [0.5, 0.6) is 5.75 Å². The second-order valence-electron chi connectivity index (χ2n) is 3.55. The van der Waals surface area contributed by atoms with E-state index in [1.54, 1.807) is 18.4 Å². The molecule has 80 valence electrons. The second-order valence-corrected chi connectivity index (χ2v) is 5.83. The zero-order valence-electron chi connectivity index (χ0n) is 9.14. The third-order valence-electron chi connectivity index (χ3n) is 2.74. The Labute approximate surface area is 101 Å². The van der Waals surface area contributed by atoms with Gasteiger partial charge in [-0.2, -0.15) is 0 Å². The summed E-state index contributed by atoms with van der Waals surface area (Å²) in [6.45, 7) is 6.25. The van der Waals surface area contributed by atoms with Crippen molar-refractivity contribution in [3.8, 4) is 5.75 Å². The molecule has 0 aliphatic rings. The van der Waals surface area contributed by atoms with Crippen LogP contribution in [0, 0.1) is 20.8 Å². The van der Waals surface area contributed by atoms with E-state index < -0.39 is 0 Å². The second kappa shape index (κ2) is 3.76. The first kappa shape index (κ1) is 10.9. The van der Waals surface area contributed by atoms with Crippen LogP contribution in [-0.4, -0.2) is 12.1 Å². The Bertz CT molecular complexity index is 533. The Morgan fingerprint density at radius 3 is 2.40 bits per heavy atom. The van der Waals surface area contributed by atoms with E-state index in [9.17, 15) is 0 Å². The zero-order valence-corrected chi connectivity index (χ0v) is 11.5. The number of ether oxygens (including phenoxy) is 1. The minimum atomic E-state index is 0.927. The maximum atomic E-state index is 5.44. The minimum absolute atomic E-state index is 0.927. The first-order chi connectivity index (χ1) is 7.06. The molecule has 15 heavy (non-hydrogen) atoms. The monoisotopic (exact) mass is 285 g/mol. The molecule has 0 saturated heterocycles. The van der Waals surface area contributed by atoms with Gasteiger partial charge in [-0.25, -0.2) is 4.98 Å². The van der Waals surface area contributed by atoms with Crippen molar-refractivity contribution in [3.05, 3.63) is 20.6 Å². The summed E-state index contributed by atoms with van der Waals surface area (Å²) in [4.78, 5) is 4.49. The Balaban J connectivity index is 2.94. The number of nitrogens with zero attached hydrogens (tertiary/aromatic N) is 1. The lowest BCUT2D eigenvalue weighted by molar-refractivity contribution is 0.409. The lowest BCUT2D eigenvalue weighted by Crippen LogP contribution is -1.94. The number of rotatable bonds is 1. The molecule has 0 saturated carbocycles. The van der Waals surface area contributed by atoms with Crippen molar-refractivity contribution in [2.24, 2.45) is 0 Å². The van der Waals surface area contributed by atoms with Gasteiger partial charge in [-0.05, 0) is 47.8 Å². The van der Waals surface area contributed by atoms with E-state index in [0.29, 0.717) is 0 Å². The molecule has 0 aliphatic carbocycles. The summed E-state index contributed by atoms with van der Waals surface area (Å²) in [5.41, 5.74) is 4.65. The maximum Gasteiger partial charge on any atom is 0.160 e. The number of methoxy groups -OCH3 is 1. The van der Waals surface area contributed by atoms with Gasteiger partial charge in [0.1, 0.15) is 5.75 Å². The molecule has 4 heteroatoms. The molecule has 0 amide bonds. The molecular formula is C11H12BrNOS. The van der Waals surface area contributed by atoms with E-state index in [4.69, 9.17) is 4.74 Å². The number of fused-ring (bicyclic) bond motifs is 1. The molecule has 0 fully saturated rings. The zero-order chi connectivity index (χ0) is 11.2. The molecule has 2 rings (SSSR count). The molecule has 1 heterocycles. The number of hydrogen-bond donors (Lipinski definition) is 0. The van der Waals surface area contributed by atoms with Crippen molar-refractivity contribution in [2.75, 3.05) is 7.11 Å². The van der Waals surface area contributed by atoms with E-state index in [-0.39, 0.29) is 0 Å². The van der Waals surface area contributed by atoms with Crippen LogP contribution < -0.4 is 4.74 Å². The predicted molar refractivity (Wildman–Crippen MR) is 68.1 cm³/mol. The molecule has 1 aromatic heterocycles. The van der Waals surface area contributed by atoms with Gasteiger partial charge >= 0.3 is 0 Å². The van der Waals surface area contributed by atoms with E-state index in [1.165, 1.54) is 21.4 Å². The first-order valence-electron chi connectivity index (χ1n) is 4.66. The molecule has 2 aromatic rings. The average Bonchev–Trinajstić information content (AvgIpc) is 2.58. The topological polar surface area (TPSA) is 22.1 Å². The van der Waals surface area contributed by atoms with Gasteiger partial charge in [0.05, 0.1) is 17.3 Å². The van der Waals surface area contributed by atoms with Crippen molar-refractivity contribution in [1.82, 2.24) is 4.98 Å².